The van der Waals surface area contributed by atoms with Gasteiger partial charge in [-0.2, -0.15) is 0 Å². The third-order valence-corrected chi connectivity index (χ3v) is 6.06. The van der Waals surface area contributed by atoms with Crippen LogP contribution < -0.4 is 14.8 Å². The Morgan fingerprint density at radius 1 is 1.03 bits per heavy atom. The topological polar surface area (TPSA) is 84.5 Å². The van der Waals surface area contributed by atoms with E-state index in [0.717, 1.165) is 5.56 Å². The van der Waals surface area contributed by atoms with E-state index < -0.39 is 10.0 Å². The Kier molecular flexibility index (Phi) is 6.64. The molecule has 0 atom stereocenters. The standard InChI is InChI=1S/C22H21ClN2O4S/c1-15-12-17(22(26)24-14-16-4-3-5-18(23)13-16)6-11-21(15)25-30(27,28)20-9-7-19(29-2)8-10-20/h3-13,25H,14H2,1-2H3,(H,24,26). The minimum atomic E-state index is -3.76. The van der Waals surface area contributed by atoms with E-state index in [4.69, 9.17) is 16.3 Å². The van der Waals surface area contributed by atoms with Crippen molar-refractivity contribution in [3.63, 3.8) is 0 Å². The number of hydrogen-bond donors (Lipinski definition) is 2. The summed E-state index contributed by atoms with van der Waals surface area (Å²) in [6.45, 7) is 2.07. The highest BCUT2D eigenvalue weighted by Gasteiger charge is 2.16. The highest BCUT2D eigenvalue weighted by molar-refractivity contribution is 7.92. The zero-order valence-electron chi connectivity index (χ0n) is 16.5. The van der Waals surface area contributed by atoms with Gasteiger partial charge in [0.2, 0.25) is 0 Å². The van der Waals surface area contributed by atoms with Crippen molar-refractivity contribution in [1.29, 1.82) is 0 Å². The Labute approximate surface area is 180 Å². The van der Waals surface area contributed by atoms with Crippen LogP contribution in [0.5, 0.6) is 5.75 Å². The van der Waals surface area contributed by atoms with Crippen LogP contribution >= 0.6 is 11.6 Å². The Hall–Kier alpha value is -3.03. The van der Waals surface area contributed by atoms with Gasteiger partial charge in [-0.05, 0) is 72.6 Å². The molecule has 0 aliphatic rings. The average Bonchev–Trinajstić information content (AvgIpc) is 2.73. The molecule has 0 saturated heterocycles. The van der Waals surface area contributed by atoms with Crippen molar-refractivity contribution in [2.45, 2.75) is 18.4 Å². The molecule has 0 aromatic heterocycles. The molecule has 0 radical (unpaired) electrons. The molecule has 0 saturated carbocycles. The molecule has 0 heterocycles. The second kappa shape index (κ2) is 9.19. The van der Waals surface area contributed by atoms with Crippen LogP contribution in [0.3, 0.4) is 0 Å². The van der Waals surface area contributed by atoms with Gasteiger partial charge in [-0.25, -0.2) is 8.42 Å². The molecular formula is C22H21ClN2O4S. The molecule has 3 aromatic rings. The number of amides is 1. The largest absolute Gasteiger partial charge is 0.497 e. The van der Waals surface area contributed by atoms with Crippen LogP contribution in [0.1, 0.15) is 21.5 Å². The maximum Gasteiger partial charge on any atom is 0.261 e. The zero-order chi connectivity index (χ0) is 21.7. The summed E-state index contributed by atoms with van der Waals surface area (Å²) in [5, 5.41) is 3.43. The lowest BCUT2D eigenvalue weighted by molar-refractivity contribution is 0.0951. The highest BCUT2D eigenvalue weighted by atomic mass is 35.5. The lowest BCUT2D eigenvalue weighted by Gasteiger charge is -2.12. The number of carbonyl (C=O) groups excluding carboxylic acids is 1. The molecule has 0 unspecified atom stereocenters. The third-order valence-electron chi connectivity index (χ3n) is 4.44. The van der Waals surface area contributed by atoms with Gasteiger partial charge in [0, 0.05) is 17.1 Å². The van der Waals surface area contributed by atoms with Crippen LogP contribution in [-0.4, -0.2) is 21.4 Å². The van der Waals surface area contributed by atoms with Crippen LogP contribution in [-0.2, 0) is 16.6 Å². The molecule has 3 aromatic carbocycles. The summed E-state index contributed by atoms with van der Waals surface area (Å²) in [5.74, 6) is 0.306. The maximum atomic E-state index is 12.6. The van der Waals surface area contributed by atoms with Gasteiger partial charge in [-0.15, -0.1) is 0 Å². The Morgan fingerprint density at radius 3 is 2.40 bits per heavy atom. The normalized spacial score (nSPS) is 11.0. The number of aryl methyl sites for hydroxylation is 1. The van der Waals surface area contributed by atoms with Crippen molar-refractivity contribution in [2.24, 2.45) is 0 Å². The van der Waals surface area contributed by atoms with Crippen molar-refractivity contribution in [2.75, 3.05) is 11.8 Å². The number of anilines is 1. The first-order chi connectivity index (χ1) is 14.3. The number of rotatable bonds is 7. The molecule has 6 nitrogen and oxygen atoms in total. The van der Waals surface area contributed by atoms with Crippen molar-refractivity contribution in [1.82, 2.24) is 5.32 Å². The average molecular weight is 445 g/mol. The molecule has 156 valence electrons. The minimum Gasteiger partial charge on any atom is -0.497 e. The molecule has 30 heavy (non-hydrogen) atoms. The number of nitrogens with one attached hydrogen (secondary N) is 2. The highest BCUT2D eigenvalue weighted by Crippen LogP contribution is 2.22. The summed E-state index contributed by atoms with van der Waals surface area (Å²) in [4.78, 5) is 12.6. The number of hydrogen-bond acceptors (Lipinski definition) is 4. The summed E-state index contributed by atoms with van der Waals surface area (Å²) >= 11 is 5.95. The molecule has 0 aliphatic heterocycles. The van der Waals surface area contributed by atoms with E-state index in [2.05, 4.69) is 10.0 Å². The summed E-state index contributed by atoms with van der Waals surface area (Å²) in [5.41, 5.74) is 2.35. The number of ether oxygens (including phenoxy) is 1. The smallest absolute Gasteiger partial charge is 0.261 e. The fourth-order valence-corrected chi connectivity index (χ4v) is 4.15. The predicted octanol–water partition coefficient (Wildman–Crippen LogP) is 4.39. The lowest BCUT2D eigenvalue weighted by Crippen LogP contribution is -2.23. The van der Waals surface area contributed by atoms with Crippen LogP contribution in [0.2, 0.25) is 5.02 Å². The molecular weight excluding hydrogens is 424 g/mol. The van der Waals surface area contributed by atoms with Crippen molar-refractivity contribution >= 4 is 33.2 Å². The van der Waals surface area contributed by atoms with Gasteiger partial charge in [0.15, 0.2) is 0 Å². The lowest BCUT2D eigenvalue weighted by atomic mass is 10.1. The zero-order valence-corrected chi connectivity index (χ0v) is 18.0. The molecule has 0 fully saturated rings. The van der Waals surface area contributed by atoms with Gasteiger partial charge in [-0.3, -0.25) is 9.52 Å². The Balaban J connectivity index is 1.70. The van der Waals surface area contributed by atoms with Gasteiger partial charge < -0.3 is 10.1 Å². The van der Waals surface area contributed by atoms with E-state index >= 15 is 0 Å². The van der Waals surface area contributed by atoms with E-state index in [9.17, 15) is 13.2 Å². The number of carbonyl (C=O) groups is 1. The third kappa shape index (κ3) is 5.31. The van der Waals surface area contributed by atoms with Gasteiger partial charge in [0.1, 0.15) is 5.75 Å². The first-order valence-corrected chi connectivity index (χ1v) is 10.9. The fraction of sp³-hybridized carbons (Fsp3) is 0.136. The van der Waals surface area contributed by atoms with Crippen molar-refractivity contribution in [3.05, 3.63) is 88.4 Å². The number of sulfonamides is 1. The molecule has 0 spiro atoms. The SMILES string of the molecule is COc1ccc(S(=O)(=O)Nc2ccc(C(=O)NCc3cccc(Cl)c3)cc2C)cc1. The van der Waals surface area contributed by atoms with Gasteiger partial charge in [-0.1, -0.05) is 23.7 Å². The van der Waals surface area contributed by atoms with Crippen LogP contribution in [0.15, 0.2) is 71.6 Å². The predicted molar refractivity (Wildman–Crippen MR) is 118 cm³/mol. The van der Waals surface area contributed by atoms with Gasteiger partial charge in [0.05, 0.1) is 17.7 Å². The second-order valence-electron chi connectivity index (χ2n) is 6.62. The van der Waals surface area contributed by atoms with Crippen LogP contribution in [0, 0.1) is 6.92 Å². The van der Waals surface area contributed by atoms with Gasteiger partial charge >= 0.3 is 0 Å². The Morgan fingerprint density at radius 2 is 1.77 bits per heavy atom. The summed E-state index contributed by atoms with van der Waals surface area (Å²) in [6.07, 6.45) is 0. The van der Waals surface area contributed by atoms with Gasteiger partial charge in [0.25, 0.3) is 15.9 Å². The maximum absolute atomic E-state index is 12.6. The molecule has 8 heteroatoms. The van der Waals surface area contributed by atoms with E-state index in [1.807, 2.05) is 12.1 Å². The number of methoxy groups -OCH3 is 1. The molecule has 2 N–H and O–H groups in total. The monoisotopic (exact) mass is 444 g/mol. The molecule has 0 bridgehead atoms. The first kappa shape index (κ1) is 21.7. The molecule has 1 amide bonds. The summed E-state index contributed by atoms with van der Waals surface area (Å²) in [7, 11) is -2.25. The van der Waals surface area contributed by atoms with E-state index in [-0.39, 0.29) is 10.8 Å². The molecule has 0 aliphatic carbocycles. The quantitative estimate of drug-likeness (QED) is 0.566. The Bertz CT molecular complexity index is 1160. The van der Waals surface area contributed by atoms with E-state index in [1.54, 1.807) is 49.4 Å². The summed E-state index contributed by atoms with van der Waals surface area (Å²) < 4.78 is 32.8. The minimum absolute atomic E-state index is 0.117. The van der Waals surface area contributed by atoms with Crippen LogP contribution in [0.4, 0.5) is 5.69 Å². The van der Waals surface area contributed by atoms with Crippen LogP contribution in [0.25, 0.3) is 0 Å². The van der Waals surface area contributed by atoms with E-state index in [0.29, 0.717) is 34.1 Å². The van der Waals surface area contributed by atoms with Crippen molar-refractivity contribution < 1.29 is 17.9 Å². The van der Waals surface area contributed by atoms with Crippen molar-refractivity contribution in [3.8, 4) is 5.75 Å². The molecule has 3 rings (SSSR count). The second-order valence-corrected chi connectivity index (χ2v) is 8.74. The van der Waals surface area contributed by atoms with E-state index in [1.165, 1.54) is 19.2 Å². The number of halogens is 1. The fourth-order valence-electron chi connectivity index (χ4n) is 2.81. The number of benzene rings is 3. The first-order valence-electron chi connectivity index (χ1n) is 9.08. The summed E-state index contributed by atoms with van der Waals surface area (Å²) in [6, 6.07) is 18.1.